The summed E-state index contributed by atoms with van der Waals surface area (Å²) in [5, 5.41) is 0.722. The maximum atomic E-state index is 6.22. The first-order valence-electron chi connectivity index (χ1n) is 5.81. The molecule has 0 fully saturated rings. The number of hydrogen-bond donors (Lipinski definition) is 1. The molecule has 0 aliphatic carbocycles. The van der Waals surface area contributed by atoms with Crippen molar-refractivity contribution in [3.63, 3.8) is 0 Å². The van der Waals surface area contributed by atoms with Crippen LogP contribution in [0.1, 0.15) is 29.7 Å². The third kappa shape index (κ3) is 2.68. The molecule has 2 rings (SSSR count). The van der Waals surface area contributed by atoms with Gasteiger partial charge in [0.15, 0.2) is 0 Å². The lowest BCUT2D eigenvalue weighted by atomic mass is 9.98. The number of nitrogens with two attached hydrogens (primary N) is 1. The average molecular weight is 246 g/mol. The molecule has 2 heteroatoms. The largest absolute Gasteiger partial charge is 0.320 e. The molecular formula is C15H16ClN. The summed E-state index contributed by atoms with van der Waals surface area (Å²) < 4.78 is 0. The van der Waals surface area contributed by atoms with E-state index in [9.17, 15) is 0 Å². The van der Waals surface area contributed by atoms with Crippen LogP contribution in [0.25, 0.3) is 0 Å². The molecule has 17 heavy (non-hydrogen) atoms. The molecule has 2 aromatic rings. The first-order chi connectivity index (χ1) is 8.22. The second-order valence-electron chi connectivity index (χ2n) is 4.09. The highest BCUT2D eigenvalue weighted by Gasteiger charge is 2.11. The quantitative estimate of drug-likeness (QED) is 0.871. The van der Waals surface area contributed by atoms with Gasteiger partial charge >= 0.3 is 0 Å². The van der Waals surface area contributed by atoms with Gasteiger partial charge in [0.25, 0.3) is 0 Å². The monoisotopic (exact) mass is 245 g/mol. The Kier molecular flexibility index (Phi) is 3.82. The van der Waals surface area contributed by atoms with Crippen molar-refractivity contribution in [2.45, 2.75) is 19.4 Å². The van der Waals surface area contributed by atoms with Crippen LogP contribution in [0.4, 0.5) is 0 Å². The van der Waals surface area contributed by atoms with Crippen LogP contribution in [-0.4, -0.2) is 0 Å². The number of benzene rings is 2. The minimum atomic E-state index is -0.158. The molecule has 88 valence electrons. The number of rotatable bonds is 3. The Bertz CT molecular complexity index is 491. The Morgan fingerprint density at radius 1 is 1.06 bits per heavy atom. The van der Waals surface area contributed by atoms with E-state index < -0.39 is 0 Å². The first kappa shape index (κ1) is 12.2. The van der Waals surface area contributed by atoms with E-state index in [1.165, 1.54) is 5.56 Å². The SMILES string of the molecule is CCc1ccc([C@@H](N)c2ccccc2Cl)cc1. The summed E-state index contributed by atoms with van der Waals surface area (Å²) in [6.07, 6.45) is 1.04. The molecule has 1 atom stereocenters. The lowest BCUT2D eigenvalue weighted by Gasteiger charge is -2.14. The van der Waals surface area contributed by atoms with Gasteiger partial charge in [-0.05, 0) is 29.2 Å². The van der Waals surface area contributed by atoms with E-state index in [1.54, 1.807) is 0 Å². The highest BCUT2D eigenvalue weighted by molar-refractivity contribution is 6.31. The van der Waals surface area contributed by atoms with Crippen molar-refractivity contribution in [3.8, 4) is 0 Å². The number of halogens is 1. The summed E-state index contributed by atoms with van der Waals surface area (Å²) in [6.45, 7) is 2.14. The van der Waals surface area contributed by atoms with Gasteiger partial charge < -0.3 is 5.73 Å². The summed E-state index contributed by atoms with van der Waals surface area (Å²) in [5.74, 6) is 0. The Morgan fingerprint density at radius 2 is 1.71 bits per heavy atom. The van der Waals surface area contributed by atoms with Crippen molar-refractivity contribution in [2.75, 3.05) is 0 Å². The maximum absolute atomic E-state index is 6.22. The predicted octanol–water partition coefficient (Wildman–Crippen LogP) is 3.95. The second-order valence-corrected chi connectivity index (χ2v) is 4.50. The second kappa shape index (κ2) is 5.35. The molecule has 2 aromatic carbocycles. The molecule has 0 saturated heterocycles. The minimum Gasteiger partial charge on any atom is -0.320 e. The van der Waals surface area contributed by atoms with Crippen LogP contribution < -0.4 is 5.73 Å². The van der Waals surface area contributed by atoms with Gasteiger partial charge in [-0.15, -0.1) is 0 Å². The van der Waals surface area contributed by atoms with Gasteiger partial charge in [0, 0.05) is 5.02 Å². The Hall–Kier alpha value is -1.31. The van der Waals surface area contributed by atoms with E-state index >= 15 is 0 Å². The molecule has 0 spiro atoms. The minimum absolute atomic E-state index is 0.158. The fraction of sp³-hybridized carbons (Fsp3) is 0.200. The van der Waals surface area contributed by atoms with E-state index in [0.29, 0.717) is 0 Å². The fourth-order valence-electron chi connectivity index (χ4n) is 1.87. The van der Waals surface area contributed by atoms with Crippen molar-refractivity contribution >= 4 is 11.6 Å². The van der Waals surface area contributed by atoms with Gasteiger partial charge in [0.05, 0.1) is 6.04 Å². The van der Waals surface area contributed by atoms with Crippen LogP contribution in [0, 0.1) is 0 Å². The molecule has 1 nitrogen and oxygen atoms in total. The lowest BCUT2D eigenvalue weighted by Crippen LogP contribution is -2.12. The molecule has 2 N–H and O–H groups in total. The number of hydrogen-bond acceptors (Lipinski definition) is 1. The molecule has 0 amide bonds. The standard InChI is InChI=1S/C15H16ClN/c1-2-11-7-9-12(10-8-11)15(17)13-5-3-4-6-14(13)16/h3-10,15H,2,17H2,1H3/t15-/m1/s1. The van der Waals surface area contributed by atoms with Gasteiger partial charge in [0.1, 0.15) is 0 Å². The van der Waals surface area contributed by atoms with E-state index in [4.69, 9.17) is 17.3 Å². The van der Waals surface area contributed by atoms with Crippen LogP contribution in [0.2, 0.25) is 5.02 Å². The maximum Gasteiger partial charge on any atom is 0.0566 e. The fourth-order valence-corrected chi connectivity index (χ4v) is 2.12. The molecular weight excluding hydrogens is 230 g/mol. The third-order valence-corrected chi connectivity index (χ3v) is 3.33. The van der Waals surface area contributed by atoms with Crippen LogP contribution in [0.5, 0.6) is 0 Å². The van der Waals surface area contributed by atoms with E-state index in [0.717, 1.165) is 22.6 Å². The van der Waals surface area contributed by atoms with Crippen molar-refractivity contribution in [3.05, 3.63) is 70.2 Å². The summed E-state index contributed by atoms with van der Waals surface area (Å²) in [5.41, 5.74) is 9.61. The van der Waals surface area contributed by atoms with Crippen molar-refractivity contribution in [2.24, 2.45) is 5.73 Å². The topological polar surface area (TPSA) is 26.0 Å². The molecule has 0 aliphatic rings. The Labute approximate surface area is 107 Å². The van der Waals surface area contributed by atoms with Crippen molar-refractivity contribution in [1.29, 1.82) is 0 Å². The average Bonchev–Trinajstić information content (AvgIpc) is 2.39. The van der Waals surface area contributed by atoms with Crippen LogP contribution in [0.3, 0.4) is 0 Å². The zero-order valence-corrected chi connectivity index (χ0v) is 10.6. The Balaban J connectivity index is 2.30. The highest BCUT2D eigenvalue weighted by Crippen LogP contribution is 2.26. The predicted molar refractivity (Wildman–Crippen MR) is 73.3 cm³/mol. The van der Waals surface area contributed by atoms with Crippen molar-refractivity contribution in [1.82, 2.24) is 0 Å². The zero-order chi connectivity index (χ0) is 12.3. The summed E-state index contributed by atoms with van der Waals surface area (Å²) in [4.78, 5) is 0. The van der Waals surface area contributed by atoms with E-state index in [-0.39, 0.29) is 6.04 Å². The van der Waals surface area contributed by atoms with Crippen LogP contribution in [0.15, 0.2) is 48.5 Å². The van der Waals surface area contributed by atoms with Gasteiger partial charge in [-0.3, -0.25) is 0 Å². The van der Waals surface area contributed by atoms with Crippen LogP contribution >= 0.6 is 11.6 Å². The first-order valence-corrected chi connectivity index (χ1v) is 6.19. The molecule has 0 aromatic heterocycles. The normalized spacial score (nSPS) is 12.4. The van der Waals surface area contributed by atoms with E-state index in [1.807, 2.05) is 24.3 Å². The summed E-state index contributed by atoms with van der Waals surface area (Å²) >= 11 is 6.15. The highest BCUT2D eigenvalue weighted by atomic mass is 35.5. The molecule has 0 bridgehead atoms. The molecule has 0 aliphatic heterocycles. The zero-order valence-electron chi connectivity index (χ0n) is 9.86. The van der Waals surface area contributed by atoms with Gasteiger partial charge in [0.2, 0.25) is 0 Å². The molecule has 0 radical (unpaired) electrons. The van der Waals surface area contributed by atoms with Gasteiger partial charge in [-0.1, -0.05) is 61.0 Å². The van der Waals surface area contributed by atoms with Crippen LogP contribution in [-0.2, 0) is 6.42 Å². The van der Waals surface area contributed by atoms with Crippen molar-refractivity contribution < 1.29 is 0 Å². The molecule has 0 unspecified atom stereocenters. The smallest absolute Gasteiger partial charge is 0.0566 e. The summed E-state index contributed by atoms with van der Waals surface area (Å²) in [6, 6.07) is 15.9. The van der Waals surface area contributed by atoms with Gasteiger partial charge in [-0.2, -0.15) is 0 Å². The summed E-state index contributed by atoms with van der Waals surface area (Å²) in [7, 11) is 0. The lowest BCUT2D eigenvalue weighted by molar-refractivity contribution is 0.870. The number of aryl methyl sites for hydroxylation is 1. The van der Waals surface area contributed by atoms with Gasteiger partial charge in [-0.25, -0.2) is 0 Å². The third-order valence-electron chi connectivity index (χ3n) is 2.99. The van der Waals surface area contributed by atoms with E-state index in [2.05, 4.69) is 31.2 Å². The Morgan fingerprint density at radius 3 is 2.29 bits per heavy atom. The molecule has 0 heterocycles. The molecule has 0 saturated carbocycles.